The highest BCUT2D eigenvalue weighted by Gasteiger charge is 2.14. The SMILES string of the molecule is COCc1ccccc1-c1nc(C(C)C)c(I)c(=O)[nH]1. The highest BCUT2D eigenvalue weighted by atomic mass is 127. The monoisotopic (exact) mass is 384 g/mol. The van der Waals surface area contributed by atoms with Crippen molar-refractivity contribution in [3.8, 4) is 11.4 Å². The molecule has 1 aromatic heterocycles. The van der Waals surface area contributed by atoms with Crippen molar-refractivity contribution in [2.24, 2.45) is 0 Å². The average Bonchev–Trinajstić information content (AvgIpc) is 2.42. The Balaban J connectivity index is 2.62. The van der Waals surface area contributed by atoms with Crippen LogP contribution in [0.15, 0.2) is 29.1 Å². The van der Waals surface area contributed by atoms with Gasteiger partial charge in [0.1, 0.15) is 5.82 Å². The van der Waals surface area contributed by atoms with E-state index in [1.807, 2.05) is 38.1 Å². The maximum atomic E-state index is 12.1. The van der Waals surface area contributed by atoms with Gasteiger partial charge in [-0.2, -0.15) is 0 Å². The summed E-state index contributed by atoms with van der Waals surface area (Å²) in [6.45, 7) is 4.56. The first-order valence-corrected chi connectivity index (χ1v) is 7.49. The van der Waals surface area contributed by atoms with E-state index in [9.17, 15) is 4.79 Å². The molecule has 2 aromatic rings. The van der Waals surface area contributed by atoms with Gasteiger partial charge in [0.15, 0.2) is 0 Å². The molecule has 0 saturated carbocycles. The summed E-state index contributed by atoms with van der Waals surface area (Å²) in [5.41, 5.74) is 2.65. The molecule has 0 radical (unpaired) electrons. The zero-order valence-electron chi connectivity index (χ0n) is 11.7. The molecule has 0 aliphatic heterocycles. The van der Waals surface area contributed by atoms with Crippen molar-refractivity contribution < 1.29 is 4.74 Å². The highest BCUT2D eigenvalue weighted by molar-refractivity contribution is 14.1. The minimum absolute atomic E-state index is 0.0912. The Kier molecular flexibility index (Phi) is 4.93. The minimum Gasteiger partial charge on any atom is -0.380 e. The molecule has 0 bridgehead atoms. The Morgan fingerprint density at radius 1 is 1.35 bits per heavy atom. The van der Waals surface area contributed by atoms with Crippen LogP contribution >= 0.6 is 22.6 Å². The second kappa shape index (κ2) is 6.49. The third-order valence-corrected chi connectivity index (χ3v) is 4.05. The molecule has 106 valence electrons. The number of hydrogen-bond donors (Lipinski definition) is 1. The van der Waals surface area contributed by atoms with Gasteiger partial charge in [-0.05, 0) is 34.1 Å². The Hall–Kier alpha value is -1.21. The third-order valence-electron chi connectivity index (χ3n) is 3.01. The van der Waals surface area contributed by atoms with Crippen LogP contribution in [-0.4, -0.2) is 17.1 Å². The van der Waals surface area contributed by atoms with Crippen LogP contribution in [0.4, 0.5) is 0 Å². The molecular formula is C15H17IN2O2. The van der Waals surface area contributed by atoms with Crippen molar-refractivity contribution >= 4 is 22.6 Å². The maximum absolute atomic E-state index is 12.1. The first-order chi connectivity index (χ1) is 9.54. The number of nitrogens with zero attached hydrogens (tertiary/aromatic N) is 1. The van der Waals surface area contributed by atoms with Gasteiger partial charge in [-0.3, -0.25) is 4.79 Å². The number of nitrogens with one attached hydrogen (secondary N) is 1. The fourth-order valence-electron chi connectivity index (χ4n) is 2.02. The second-order valence-corrected chi connectivity index (χ2v) is 5.94. The van der Waals surface area contributed by atoms with Gasteiger partial charge in [-0.1, -0.05) is 38.1 Å². The van der Waals surface area contributed by atoms with Gasteiger partial charge in [0.2, 0.25) is 0 Å². The highest BCUT2D eigenvalue weighted by Crippen LogP contribution is 2.23. The molecule has 0 aliphatic carbocycles. The van der Waals surface area contributed by atoms with Crippen molar-refractivity contribution in [3.05, 3.63) is 49.4 Å². The Morgan fingerprint density at radius 3 is 2.70 bits per heavy atom. The van der Waals surface area contributed by atoms with Gasteiger partial charge >= 0.3 is 0 Å². The average molecular weight is 384 g/mol. The molecule has 20 heavy (non-hydrogen) atoms. The van der Waals surface area contributed by atoms with Crippen molar-refractivity contribution in [1.82, 2.24) is 9.97 Å². The predicted octanol–water partition coefficient (Wildman–Crippen LogP) is 3.31. The zero-order chi connectivity index (χ0) is 14.7. The van der Waals surface area contributed by atoms with E-state index in [-0.39, 0.29) is 11.5 Å². The summed E-state index contributed by atoms with van der Waals surface area (Å²) in [7, 11) is 1.65. The fraction of sp³-hybridized carbons (Fsp3) is 0.333. The molecule has 0 aliphatic rings. The number of rotatable bonds is 4. The lowest BCUT2D eigenvalue weighted by molar-refractivity contribution is 0.185. The lowest BCUT2D eigenvalue weighted by atomic mass is 10.1. The summed E-state index contributed by atoms with van der Waals surface area (Å²) in [4.78, 5) is 19.6. The third kappa shape index (κ3) is 3.09. The van der Waals surface area contributed by atoms with Gasteiger partial charge in [-0.25, -0.2) is 4.98 Å². The zero-order valence-corrected chi connectivity index (χ0v) is 13.9. The van der Waals surface area contributed by atoms with Crippen LogP contribution in [0.25, 0.3) is 11.4 Å². The van der Waals surface area contributed by atoms with E-state index < -0.39 is 0 Å². The Bertz CT molecular complexity index is 665. The molecule has 5 heteroatoms. The van der Waals surface area contributed by atoms with E-state index in [1.54, 1.807) is 7.11 Å². The molecule has 1 heterocycles. The summed E-state index contributed by atoms with van der Waals surface area (Å²) in [6, 6.07) is 7.81. The van der Waals surface area contributed by atoms with Crippen LogP contribution in [0.3, 0.4) is 0 Å². The topological polar surface area (TPSA) is 55.0 Å². The molecule has 2 rings (SSSR count). The number of halogens is 1. The standard InChI is InChI=1S/C15H17IN2O2/c1-9(2)13-12(16)15(19)18-14(17-13)11-7-5-4-6-10(11)8-20-3/h4-7,9H,8H2,1-3H3,(H,17,18,19). The predicted molar refractivity (Wildman–Crippen MR) is 87.8 cm³/mol. The van der Waals surface area contributed by atoms with Crippen LogP contribution in [0.2, 0.25) is 0 Å². The molecule has 0 atom stereocenters. The molecular weight excluding hydrogens is 367 g/mol. The molecule has 0 amide bonds. The van der Waals surface area contributed by atoms with Crippen molar-refractivity contribution in [2.75, 3.05) is 7.11 Å². The van der Waals surface area contributed by atoms with E-state index in [1.165, 1.54) is 0 Å². The van der Waals surface area contributed by atoms with Crippen LogP contribution in [0.1, 0.15) is 31.0 Å². The Morgan fingerprint density at radius 2 is 2.05 bits per heavy atom. The van der Waals surface area contributed by atoms with Gasteiger partial charge in [0.05, 0.1) is 15.9 Å². The number of aromatic amines is 1. The molecule has 0 unspecified atom stereocenters. The molecule has 0 fully saturated rings. The Labute approximate surface area is 131 Å². The number of aromatic nitrogens is 2. The number of methoxy groups -OCH3 is 1. The van der Waals surface area contributed by atoms with Crippen molar-refractivity contribution in [1.29, 1.82) is 0 Å². The van der Waals surface area contributed by atoms with Crippen LogP contribution in [0, 0.1) is 3.57 Å². The van der Waals surface area contributed by atoms with Gasteiger partial charge in [0, 0.05) is 12.7 Å². The minimum atomic E-state index is -0.0912. The van der Waals surface area contributed by atoms with Crippen LogP contribution in [0.5, 0.6) is 0 Å². The van der Waals surface area contributed by atoms with Crippen LogP contribution < -0.4 is 5.56 Å². The van der Waals surface area contributed by atoms with E-state index in [0.717, 1.165) is 16.8 Å². The molecule has 4 nitrogen and oxygen atoms in total. The summed E-state index contributed by atoms with van der Waals surface area (Å²) >= 11 is 2.05. The van der Waals surface area contributed by atoms with Gasteiger partial charge in [0.25, 0.3) is 5.56 Å². The van der Waals surface area contributed by atoms with Crippen molar-refractivity contribution in [2.45, 2.75) is 26.4 Å². The maximum Gasteiger partial charge on any atom is 0.264 e. The summed E-state index contributed by atoms with van der Waals surface area (Å²) in [5.74, 6) is 0.810. The number of hydrogen-bond acceptors (Lipinski definition) is 3. The fourth-order valence-corrected chi connectivity index (χ4v) is 2.90. The lowest BCUT2D eigenvalue weighted by Gasteiger charge is -2.12. The molecule has 0 saturated heterocycles. The molecule has 0 spiro atoms. The van der Waals surface area contributed by atoms with E-state index >= 15 is 0 Å². The summed E-state index contributed by atoms with van der Waals surface area (Å²) < 4.78 is 5.86. The van der Waals surface area contributed by atoms with E-state index in [0.29, 0.717) is 16.0 Å². The number of benzene rings is 1. The summed E-state index contributed by atoms with van der Waals surface area (Å²) in [5, 5.41) is 0. The molecule has 1 N–H and O–H groups in total. The second-order valence-electron chi connectivity index (χ2n) is 4.86. The normalized spacial score (nSPS) is 11.1. The smallest absolute Gasteiger partial charge is 0.264 e. The van der Waals surface area contributed by atoms with E-state index in [2.05, 4.69) is 32.6 Å². The quantitative estimate of drug-likeness (QED) is 0.823. The van der Waals surface area contributed by atoms with Gasteiger partial charge in [-0.15, -0.1) is 0 Å². The van der Waals surface area contributed by atoms with Gasteiger partial charge < -0.3 is 9.72 Å². The first-order valence-electron chi connectivity index (χ1n) is 6.41. The number of ether oxygens (including phenoxy) is 1. The molecule has 1 aromatic carbocycles. The number of H-pyrrole nitrogens is 1. The first kappa shape index (κ1) is 15.2. The van der Waals surface area contributed by atoms with Crippen LogP contribution in [-0.2, 0) is 11.3 Å². The van der Waals surface area contributed by atoms with Crippen molar-refractivity contribution in [3.63, 3.8) is 0 Å². The summed E-state index contributed by atoms with van der Waals surface area (Å²) in [6.07, 6.45) is 0. The largest absolute Gasteiger partial charge is 0.380 e. The lowest BCUT2D eigenvalue weighted by Crippen LogP contribution is -2.17. The van der Waals surface area contributed by atoms with E-state index in [4.69, 9.17) is 4.74 Å².